The largest absolute Gasteiger partial charge is 0.462 e. The highest BCUT2D eigenvalue weighted by Crippen LogP contribution is 2.17. The lowest BCUT2D eigenvalue weighted by atomic mass is 10.0. The van der Waals surface area contributed by atoms with Crippen LogP contribution in [0.1, 0.15) is 303 Å². The number of allylic oxidation sites excluding steroid dienone is 10. The number of rotatable bonds is 54. The standard InChI is InChI=1S/C63H112O6/c1-4-7-10-13-16-19-22-24-26-28-29-30-31-32-33-35-36-38-41-44-47-50-53-56-62(65)68-59-60(58-67-61(64)55-52-49-46-43-40-21-18-15-12-9-6-3)69-63(66)57-54-51-48-45-42-39-37-34-27-25-23-20-17-14-11-8-5-2/h8,11,17,20,25,27,37,39,45,48,60H,4-7,9-10,12-16,18-19,21-24,26,28-36,38,40-44,46-47,49-59H2,1-3H3/b11-8-,20-17-,27-25-,39-37-,48-45-. The SMILES string of the molecule is CC/C=C\C/C=C\C/C=C\C/C=C\C/C=C\CCCC(=O)OC(COC(=O)CCCCCCCCCCCCC)COC(=O)CCCCCCCCCCCCCCCCCCCCCCCCC. The molecule has 6 nitrogen and oxygen atoms in total. The number of unbranched alkanes of at least 4 members (excludes halogenated alkanes) is 33. The number of carbonyl (C=O) groups is 3. The molecule has 0 fully saturated rings. The Labute approximate surface area is 428 Å². The fourth-order valence-electron chi connectivity index (χ4n) is 8.60. The topological polar surface area (TPSA) is 78.9 Å². The molecule has 0 saturated heterocycles. The van der Waals surface area contributed by atoms with Gasteiger partial charge in [0.1, 0.15) is 13.2 Å². The molecule has 0 aromatic carbocycles. The minimum absolute atomic E-state index is 0.0928. The Hall–Kier alpha value is -2.89. The molecule has 0 bridgehead atoms. The van der Waals surface area contributed by atoms with E-state index in [0.717, 1.165) is 77.0 Å². The first-order valence-electron chi connectivity index (χ1n) is 29.8. The summed E-state index contributed by atoms with van der Waals surface area (Å²) in [6.07, 6.45) is 72.4. The monoisotopic (exact) mass is 965 g/mol. The zero-order valence-corrected chi connectivity index (χ0v) is 45.8. The summed E-state index contributed by atoms with van der Waals surface area (Å²) in [6, 6.07) is 0. The summed E-state index contributed by atoms with van der Waals surface area (Å²) in [4.78, 5) is 38.1. The van der Waals surface area contributed by atoms with E-state index in [0.29, 0.717) is 19.3 Å². The van der Waals surface area contributed by atoms with Crippen LogP contribution in [-0.4, -0.2) is 37.2 Å². The Morgan fingerprint density at radius 1 is 0.304 bits per heavy atom. The first-order chi connectivity index (χ1) is 34.0. The third kappa shape index (κ3) is 55.9. The van der Waals surface area contributed by atoms with Gasteiger partial charge in [-0.25, -0.2) is 0 Å². The van der Waals surface area contributed by atoms with Crippen molar-refractivity contribution in [2.75, 3.05) is 13.2 Å². The molecule has 400 valence electrons. The molecule has 69 heavy (non-hydrogen) atoms. The molecule has 0 radical (unpaired) electrons. The summed E-state index contributed by atoms with van der Waals surface area (Å²) < 4.78 is 16.8. The quantitative estimate of drug-likeness (QED) is 0.0262. The predicted octanol–water partition coefficient (Wildman–Crippen LogP) is 20.0. The molecule has 0 aliphatic heterocycles. The Balaban J connectivity index is 4.31. The molecule has 0 saturated carbocycles. The molecular weight excluding hydrogens is 853 g/mol. The second-order valence-electron chi connectivity index (χ2n) is 19.9. The lowest BCUT2D eigenvalue weighted by Gasteiger charge is -2.18. The Kier molecular flexibility index (Phi) is 55.3. The molecule has 1 unspecified atom stereocenters. The highest BCUT2D eigenvalue weighted by Gasteiger charge is 2.19. The van der Waals surface area contributed by atoms with Crippen molar-refractivity contribution in [2.24, 2.45) is 0 Å². The number of hydrogen-bond acceptors (Lipinski definition) is 6. The van der Waals surface area contributed by atoms with Gasteiger partial charge in [-0.1, -0.05) is 287 Å². The van der Waals surface area contributed by atoms with Crippen LogP contribution in [0.4, 0.5) is 0 Å². The minimum atomic E-state index is -0.800. The maximum Gasteiger partial charge on any atom is 0.306 e. The molecular formula is C63H112O6. The van der Waals surface area contributed by atoms with Gasteiger partial charge in [-0.3, -0.25) is 14.4 Å². The third-order valence-electron chi connectivity index (χ3n) is 13.0. The van der Waals surface area contributed by atoms with E-state index in [1.807, 2.05) is 0 Å². The average Bonchev–Trinajstić information content (AvgIpc) is 3.35. The maximum atomic E-state index is 12.8. The van der Waals surface area contributed by atoms with E-state index in [1.54, 1.807) is 0 Å². The van der Waals surface area contributed by atoms with Crippen molar-refractivity contribution in [1.82, 2.24) is 0 Å². The fraction of sp³-hybridized carbons (Fsp3) is 0.794. The van der Waals surface area contributed by atoms with Crippen LogP contribution in [0.3, 0.4) is 0 Å². The van der Waals surface area contributed by atoms with Gasteiger partial charge in [0.25, 0.3) is 0 Å². The lowest BCUT2D eigenvalue weighted by Crippen LogP contribution is -2.30. The van der Waals surface area contributed by atoms with Crippen molar-refractivity contribution in [2.45, 2.75) is 309 Å². The average molecular weight is 966 g/mol. The summed E-state index contributed by atoms with van der Waals surface area (Å²) in [5.74, 6) is -0.938. The van der Waals surface area contributed by atoms with Gasteiger partial charge in [0, 0.05) is 19.3 Å². The van der Waals surface area contributed by atoms with Gasteiger partial charge in [0.15, 0.2) is 6.10 Å². The highest BCUT2D eigenvalue weighted by molar-refractivity contribution is 5.71. The van der Waals surface area contributed by atoms with Crippen molar-refractivity contribution < 1.29 is 28.6 Å². The van der Waals surface area contributed by atoms with E-state index in [4.69, 9.17) is 14.2 Å². The van der Waals surface area contributed by atoms with Crippen molar-refractivity contribution in [3.8, 4) is 0 Å². The smallest absolute Gasteiger partial charge is 0.306 e. The molecule has 0 aliphatic rings. The van der Waals surface area contributed by atoms with Gasteiger partial charge in [-0.15, -0.1) is 0 Å². The van der Waals surface area contributed by atoms with Crippen LogP contribution in [0.15, 0.2) is 60.8 Å². The van der Waals surface area contributed by atoms with Crippen LogP contribution >= 0.6 is 0 Å². The van der Waals surface area contributed by atoms with Crippen LogP contribution < -0.4 is 0 Å². The van der Waals surface area contributed by atoms with Gasteiger partial charge in [0.05, 0.1) is 0 Å². The van der Waals surface area contributed by atoms with Crippen LogP contribution in [-0.2, 0) is 28.6 Å². The Morgan fingerprint density at radius 3 is 0.870 bits per heavy atom. The summed E-state index contributed by atoms with van der Waals surface area (Å²) >= 11 is 0. The third-order valence-corrected chi connectivity index (χ3v) is 13.0. The van der Waals surface area contributed by atoms with Gasteiger partial charge in [-0.2, -0.15) is 0 Å². The van der Waals surface area contributed by atoms with E-state index >= 15 is 0 Å². The molecule has 0 spiro atoms. The number of hydrogen-bond donors (Lipinski definition) is 0. The van der Waals surface area contributed by atoms with E-state index in [9.17, 15) is 14.4 Å². The Morgan fingerprint density at radius 2 is 0.565 bits per heavy atom. The number of ether oxygens (including phenoxy) is 3. The van der Waals surface area contributed by atoms with Gasteiger partial charge in [-0.05, 0) is 57.8 Å². The fourth-order valence-corrected chi connectivity index (χ4v) is 8.60. The van der Waals surface area contributed by atoms with Crippen LogP contribution in [0.5, 0.6) is 0 Å². The van der Waals surface area contributed by atoms with Crippen molar-refractivity contribution in [3.63, 3.8) is 0 Å². The molecule has 0 amide bonds. The van der Waals surface area contributed by atoms with Gasteiger partial charge in [0.2, 0.25) is 0 Å². The summed E-state index contributed by atoms with van der Waals surface area (Å²) in [5.41, 5.74) is 0. The minimum Gasteiger partial charge on any atom is -0.462 e. The second-order valence-corrected chi connectivity index (χ2v) is 19.9. The molecule has 0 rings (SSSR count). The van der Waals surface area contributed by atoms with E-state index in [2.05, 4.69) is 81.5 Å². The van der Waals surface area contributed by atoms with Crippen LogP contribution in [0, 0.1) is 0 Å². The number of carbonyl (C=O) groups excluding carboxylic acids is 3. The van der Waals surface area contributed by atoms with Crippen LogP contribution in [0.2, 0.25) is 0 Å². The summed E-state index contributed by atoms with van der Waals surface area (Å²) in [7, 11) is 0. The normalized spacial score (nSPS) is 12.4. The maximum absolute atomic E-state index is 12.8. The zero-order valence-electron chi connectivity index (χ0n) is 45.8. The molecule has 6 heteroatoms. The predicted molar refractivity (Wildman–Crippen MR) is 298 cm³/mol. The lowest BCUT2D eigenvalue weighted by molar-refractivity contribution is -0.167. The summed E-state index contributed by atoms with van der Waals surface area (Å²) in [6.45, 7) is 6.51. The molecule has 0 N–H and O–H groups in total. The van der Waals surface area contributed by atoms with E-state index in [-0.39, 0.29) is 37.5 Å². The molecule has 0 aromatic heterocycles. The zero-order chi connectivity index (χ0) is 50.0. The Bertz CT molecular complexity index is 1250. The van der Waals surface area contributed by atoms with Gasteiger partial charge >= 0.3 is 17.9 Å². The number of esters is 3. The van der Waals surface area contributed by atoms with Crippen LogP contribution in [0.25, 0.3) is 0 Å². The first-order valence-corrected chi connectivity index (χ1v) is 29.8. The van der Waals surface area contributed by atoms with E-state index in [1.165, 1.54) is 180 Å². The molecule has 0 aliphatic carbocycles. The first kappa shape index (κ1) is 66.1. The van der Waals surface area contributed by atoms with Crippen molar-refractivity contribution in [1.29, 1.82) is 0 Å². The molecule has 0 heterocycles. The van der Waals surface area contributed by atoms with E-state index < -0.39 is 6.10 Å². The molecule has 0 aromatic rings. The molecule has 1 atom stereocenters. The summed E-state index contributed by atoms with van der Waals surface area (Å²) in [5, 5.41) is 0. The van der Waals surface area contributed by atoms with Crippen molar-refractivity contribution in [3.05, 3.63) is 60.8 Å². The van der Waals surface area contributed by atoms with Gasteiger partial charge < -0.3 is 14.2 Å². The van der Waals surface area contributed by atoms with Crippen molar-refractivity contribution >= 4 is 17.9 Å². The second kappa shape index (κ2) is 57.7. The highest BCUT2D eigenvalue weighted by atomic mass is 16.6.